The third-order valence-corrected chi connectivity index (χ3v) is 4.16. The van der Waals surface area contributed by atoms with Gasteiger partial charge in [-0.2, -0.15) is 0 Å². The maximum atomic E-state index is 11.6. The van der Waals surface area contributed by atoms with E-state index in [9.17, 15) is 4.79 Å². The maximum absolute atomic E-state index is 11.6. The fourth-order valence-electron chi connectivity index (χ4n) is 2.78. The molecule has 2 unspecified atom stereocenters. The van der Waals surface area contributed by atoms with Crippen LogP contribution in [0.5, 0.6) is 0 Å². The van der Waals surface area contributed by atoms with Crippen molar-refractivity contribution in [1.82, 2.24) is 5.32 Å². The zero-order chi connectivity index (χ0) is 15.5. The summed E-state index contributed by atoms with van der Waals surface area (Å²) in [5.74, 6) is 0.253. The summed E-state index contributed by atoms with van der Waals surface area (Å²) in [6, 6.07) is -0.286. The van der Waals surface area contributed by atoms with Gasteiger partial charge in [-0.25, -0.2) is 0 Å². The van der Waals surface area contributed by atoms with Crippen molar-refractivity contribution < 1.29 is 14.3 Å². The highest BCUT2D eigenvalue weighted by atomic mass is 16.5. The molecular formula is C17H33NO3. The minimum atomic E-state index is -0.286. The van der Waals surface area contributed by atoms with Crippen LogP contribution >= 0.6 is 0 Å². The summed E-state index contributed by atoms with van der Waals surface area (Å²) in [5, 5.41) is 3.25. The molecule has 0 aromatic carbocycles. The van der Waals surface area contributed by atoms with Crippen molar-refractivity contribution in [2.24, 2.45) is 5.92 Å². The Balaban J connectivity index is 2.08. The van der Waals surface area contributed by atoms with E-state index in [1.54, 1.807) is 0 Å². The first-order valence-electron chi connectivity index (χ1n) is 8.73. The number of ether oxygens (including phenoxy) is 2. The Morgan fingerprint density at radius 2 is 1.86 bits per heavy atom. The quantitative estimate of drug-likeness (QED) is 0.467. The predicted octanol–water partition coefficient (Wildman–Crippen LogP) is 3.64. The Morgan fingerprint density at radius 1 is 1.19 bits per heavy atom. The molecule has 4 heteroatoms. The third-order valence-electron chi connectivity index (χ3n) is 4.16. The number of hydrogen-bond acceptors (Lipinski definition) is 4. The molecule has 0 aromatic heterocycles. The van der Waals surface area contributed by atoms with Crippen molar-refractivity contribution in [2.75, 3.05) is 13.2 Å². The van der Waals surface area contributed by atoms with Gasteiger partial charge in [0, 0.05) is 0 Å². The molecule has 1 fully saturated rings. The average Bonchev–Trinajstić information content (AvgIpc) is 2.96. The topological polar surface area (TPSA) is 47.6 Å². The van der Waals surface area contributed by atoms with E-state index in [2.05, 4.69) is 19.2 Å². The van der Waals surface area contributed by atoms with Crippen molar-refractivity contribution in [3.05, 3.63) is 0 Å². The lowest BCUT2D eigenvalue weighted by molar-refractivity contribution is -0.145. The van der Waals surface area contributed by atoms with E-state index in [0.29, 0.717) is 19.1 Å². The number of nitrogens with one attached hydrogen (secondary N) is 1. The lowest BCUT2D eigenvalue weighted by atomic mass is 10.00. The fourth-order valence-corrected chi connectivity index (χ4v) is 2.78. The standard InChI is InChI=1S/C17H33NO3/c1-4-6-7-8-9-10-11-12-14(3)16-18-15(13-21-16)17(19)20-5-2/h14-16,18H,4-13H2,1-3H3/t14?,15-,16?/m0/s1. The summed E-state index contributed by atoms with van der Waals surface area (Å²) >= 11 is 0. The molecule has 1 saturated heterocycles. The van der Waals surface area contributed by atoms with Crippen LogP contribution < -0.4 is 5.32 Å². The Morgan fingerprint density at radius 3 is 2.52 bits per heavy atom. The van der Waals surface area contributed by atoms with Crippen LogP contribution in [0.2, 0.25) is 0 Å². The van der Waals surface area contributed by atoms with Crippen molar-refractivity contribution in [1.29, 1.82) is 0 Å². The molecule has 21 heavy (non-hydrogen) atoms. The van der Waals surface area contributed by atoms with Crippen LogP contribution in [0, 0.1) is 5.92 Å². The van der Waals surface area contributed by atoms with Gasteiger partial charge in [0.1, 0.15) is 12.3 Å². The lowest BCUT2D eigenvalue weighted by Gasteiger charge is -2.19. The lowest BCUT2D eigenvalue weighted by Crippen LogP contribution is -2.40. The zero-order valence-corrected chi connectivity index (χ0v) is 14.0. The van der Waals surface area contributed by atoms with Gasteiger partial charge in [-0.05, 0) is 19.3 Å². The fraction of sp³-hybridized carbons (Fsp3) is 0.941. The second-order valence-electron chi connectivity index (χ2n) is 6.11. The van der Waals surface area contributed by atoms with Gasteiger partial charge in [0.25, 0.3) is 0 Å². The van der Waals surface area contributed by atoms with Gasteiger partial charge in [0.2, 0.25) is 0 Å². The van der Waals surface area contributed by atoms with Crippen molar-refractivity contribution in [2.45, 2.75) is 84.4 Å². The predicted molar refractivity (Wildman–Crippen MR) is 85.1 cm³/mol. The van der Waals surface area contributed by atoms with E-state index >= 15 is 0 Å². The third kappa shape index (κ3) is 7.28. The Hall–Kier alpha value is -0.610. The average molecular weight is 299 g/mol. The molecule has 1 heterocycles. The van der Waals surface area contributed by atoms with Gasteiger partial charge < -0.3 is 9.47 Å². The highest BCUT2D eigenvalue weighted by Crippen LogP contribution is 2.19. The molecule has 0 radical (unpaired) electrons. The molecule has 3 atom stereocenters. The van der Waals surface area contributed by atoms with Gasteiger partial charge >= 0.3 is 5.97 Å². The van der Waals surface area contributed by atoms with E-state index < -0.39 is 0 Å². The molecule has 0 saturated carbocycles. The first-order chi connectivity index (χ1) is 10.2. The number of carbonyl (C=O) groups is 1. The van der Waals surface area contributed by atoms with Gasteiger partial charge in [-0.1, -0.05) is 58.8 Å². The molecule has 0 amide bonds. The molecule has 0 bridgehead atoms. The van der Waals surface area contributed by atoms with Crippen molar-refractivity contribution in [3.8, 4) is 0 Å². The summed E-state index contributed by atoms with van der Waals surface area (Å²) in [5.41, 5.74) is 0. The molecule has 1 N–H and O–H groups in total. The minimum Gasteiger partial charge on any atom is -0.465 e. The Bertz CT molecular complexity index is 283. The summed E-state index contributed by atoms with van der Waals surface area (Å²) < 4.78 is 10.7. The van der Waals surface area contributed by atoms with E-state index in [-0.39, 0.29) is 18.2 Å². The second kappa shape index (κ2) is 11.0. The monoisotopic (exact) mass is 299 g/mol. The van der Waals surface area contributed by atoms with Gasteiger partial charge in [0.15, 0.2) is 0 Å². The van der Waals surface area contributed by atoms with E-state index in [0.717, 1.165) is 6.42 Å². The van der Waals surface area contributed by atoms with Gasteiger partial charge in [-0.15, -0.1) is 0 Å². The largest absolute Gasteiger partial charge is 0.465 e. The van der Waals surface area contributed by atoms with Crippen LogP contribution in [0.1, 0.15) is 72.1 Å². The van der Waals surface area contributed by atoms with Crippen LogP contribution in [0.4, 0.5) is 0 Å². The Labute approximate surface area is 130 Å². The molecule has 0 spiro atoms. The van der Waals surface area contributed by atoms with Crippen LogP contribution in [-0.2, 0) is 14.3 Å². The smallest absolute Gasteiger partial charge is 0.325 e. The summed E-state index contributed by atoms with van der Waals surface area (Å²) in [6.45, 7) is 7.14. The molecule has 1 aliphatic rings. The zero-order valence-electron chi connectivity index (χ0n) is 14.0. The second-order valence-corrected chi connectivity index (χ2v) is 6.11. The minimum absolute atomic E-state index is 0.000465. The van der Waals surface area contributed by atoms with Gasteiger partial charge in [0.05, 0.1) is 13.2 Å². The molecule has 1 rings (SSSR count). The molecule has 0 aliphatic carbocycles. The number of unbranched alkanes of at least 4 members (excludes halogenated alkanes) is 6. The molecule has 124 valence electrons. The van der Waals surface area contributed by atoms with Crippen LogP contribution in [-0.4, -0.2) is 31.5 Å². The maximum Gasteiger partial charge on any atom is 0.325 e. The van der Waals surface area contributed by atoms with Crippen molar-refractivity contribution in [3.63, 3.8) is 0 Å². The summed E-state index contributed by atoms with van der Waals surface area (Å²) in [7, 11) is 0. The van der Waals surface area contributed by atoms with Crippen molar-refractivity contribution >= 4 is 5.97 Å². The van der Waals surface area contributed by atoms with Gasteiger partial charge in [-0.3, -0.25) is 10.1 Å². The number of esters is 1. The molecule has 1 aliphatic heterocycles. The van der Waals surface area contributed by atoms with Crippen LogP contribution in [0.25, 0.3) is 0 Å². The van der Waals surface area contributed by atoms with E-state index in [4.69, 9.17) is 9.47 Å². The first-order valence-corrected chi connectivity index (χ1v) is 8.73. The molecule has 4 nitrogen and oxygen atoms in total. The van der Waals surface area contributed by atoms with E-state index in [1.807, 2.05) is 6.92 Å². The highest BCUT2D eigenvalue weighted by molar-refractivity contribution is 5.76. The van der Waals surface area contributed by atoms with Crippen LogP contribution in [0.3, 0.4) is 0 Å². The first kappa shape index (κ1) is 18.4. The summed E-state index contributed by atoms with van der Waals surface area (Å²) in [6.07, 6.45) is 10.5. The SMILES string of the molecule is CCCCCCCCCC(C)C1N[C@H](C(=O)OCC)CO1. The number of hydrogen-bond donors (Lipinski definition) is 1. The number of rotatable bonds is 11. The normalized spacial score (nSPS) is 23.2. The number of carbonyl (C=O) groups excluding carboxylic acids is 1. The summed E-state index contributed by atoms with van der Waals surface area (Å²) in [4.78, 5) is 11.6. The highest BCUT2D eigenvalue weighted by Gasteiger charge is 2.33. The Kier molecular flexibility index (Phi) is 9.68. The molecule has 0 aromatic rings. The van der Waals surface area contributed by atoms with E-state index in [1.165, 1.54) is 44.9 Å². The molecular weight excluding hydrogens is 266 g/mol. The van der Waals surface area contributed by atoms with Crippen LogP contribution in [0.15, 0.2) is 0 Å².